The van der Waals surface area contributed by atoms with E-state index in [-0.39, 0.29) is 30.6 Å². The molecule has 124 heavy (non-hydrogen) atoms. The second-order valence-electron chi connectivity index (χ2n) is 38.2. The summed E-state index contributed by atoms with van der Waals surface area (Å²) in [6.07, 6.45) is -74.1. The number of esters is 1. The highest BCUT2D eigenvalue weighted by atomic mass is 16.8. The molecule has 50 atom stereocenters. The van der Waals surface area contributed by atoms with Gasteiger partial charge in [-0.1, -0.05) is 53.2 Å². The molecule has 0 aromatic carbocycles. The second-order valence-corrected chi connectivity index (χ2v) is 38.2. The van der Waals surface area contributed by atoms with Crippen LogP contribution in [0.2, 0.25) is 0 Å². The number of fused-ring (bicyclic) bond motifs is 7. The molecule has 9 aliphatic heterocycles. The summed E-state index contributed by atoms with van der Waals surface area (Å²) in [5, 5.41) is 255. The van der Waals surface area contributed by atoms with Crippen LogP contribution in [0.25, 0.3) is 0 Å². The van der Waals surface area contributed by atoms with Crippen LogP contribution in [0.1, 0.15) is 120 Å². The van der Waals surface area contributed by atoms with Crippen molar-refractivity contribution < 1.29 is 217 Å². The first kappa shape index (κ1) is 96.8. The van der Waals surface area contributed by atoms with Gasteiger partial charge in [-0.2, -0.15) is 0 Å². The number of carboxylic acids is 1. The van der Waals surface area contributed by atoms with Crippen LogP contribution in [-0.2, 0) is 99.6 Å². The highest BCUT2D eigenvalue weighted by Gasteiger charge is 2.72. The van der Waals surface area contributed by atoms with Crippen LogP contribution < -0.4 is 0 Å². The van der Waals surface area contributed by atoms with Gasteiger partial charge in [-0.05, 0) is 117 Å². The van der Waals surface area contributed by atoms with Gasteiger partial charge in [-0.15, -0.1) is 0 Å². The summed E-state index contributed by atoms with van der Waals surface area (Å²) in [7, 11) is 0. The molecule has 710 valence electrons. The predicted molar refractivity (Wildman–Crippen MR) is 400 cm³/mol. The maximum absolute atomic E-state index is 15.8. The van der Waals surface area contributed by atoms with E-state index in [0.29, 0.717) is 44.9 Å². The van der Waals surface area contributed by atoms with Crippen LogP contribution in [0.5, 0.6) is 0 Å². The zero-order chi connectivity index (χ0) is 90.2. The third-order valence-corrected chi connectivity index (χ3v) is 30.3. The Balaban J connectivity index is 0.762. The van der Waals surface area contributed by atoms with E-state index in [1.807, 2.05) is 0 Å². The summed E-state index contributed by atoms with van der Waals surface area (Å²) in [5.41, 5.74) is -4.15. The largest absolute Gasteiger partial charge is 0.479 e. The SMILES string of the molecule is C[C@@H]1O[C@H](OC(=O)[C@]23CCC(C)(C)C[C@H]2C2=CC[C@H]4[C@@]5(C)CC[C@H](O[C@@H]6O[C@H](C(=O)O)[C@@H](O[C@@H]7O[C@H](CO)[C@H](O)[C@H](O)[C@H]7O)[C@H](O[C@@H]7O[C@H](CO)[C@H](O)[C@H](O)[C@H]7O[C@@H]7OC[C@@H](O)[C@H](O)[C@H]7O[C@@H]7OC[C@H](O)[C@H](O)[C@H]7O)[C@H]6O[C@H]6OC[C@H](O)[C@@H](O)[C@@H]6O)[C@](C)(C=O)[C@@H]5CC[C@@]4(C)[C@]2(C)CC3)[C@@H](O[C@H]2OC[C@@H](O[C@H]3O[C@H](C)[C@@H](O)[C@H](O)[C@@H]3O)[C@@H](O)[C@@H]2O)[C@H](O)[C@@H]1O. The number of hydrogen-bond donors (Lipinski definition) is 23. The average molecular weight is 1790 g/mol. The minimum atomic E-state index is -2.51. The molecule has 9 heterocycles. The van der Waals surface area contributed by atoms with Gasteiger partial charge in [0.25, 0.3) is 0 Å². The van der Waals surface area contributed by atoms with Crippen molar-refractivity contribution in [2.75, 3.05) is 39.6 Å². The van der Waals surface area contributed by atoms with Crippen molar-refractivity contribution in [1.82, 2.24) is 0 Å². The number of allylic oxidation sites excluding steroid dienone is 2. The standard InChI is InChI=1S/C80H126O44/c1-27-40(87)48(95)55(102)68(111-27)115-36-25-110-67(54(101)47(36)94)118-58-50(97)41(88)28(2)112-71(58)124-74(106)80-17-15-75(3,4)19-30(80)29-9-10-38-76(5)13-12-39(77(6,26-83)37(76)11-14-79(38,8)78(29,7)16-18-80)116-73-63(123-66-53(100)43(90)32(85)23-108-66)61(60(62(122-73)64(104)105)120-69-56(103)49(96)45(92)34(20-81)113-69)121-72-59(51(98)46(93)35(21-82)114-72)119-70-57(44(91)33(86)24-109-70)117-65-52(99)42(89)31(84)22-107-65/h9,26-28,30-63,65-73,81-82,84-103H,10-25H2,1-8H3,(H,104,105)/t27-,28+,30+,31+,32+,33-,34-,35-,36-,37-,38+,39+,40-,41-,42+,43-,44+,45+,46+,47-,48+,49+,50-,51+,52-,53+,54+,55+,56-,57-,58+,59-,60+,61+,62+,63-,65+,66-,67-,68-,69+,70+,71-,72+,73-,76+,77-,78-,79-,80+/m1/s1. The van der Waals surface area contributed by atoms with Crippen molar-refractivity contribution in [2.24, 2.45) is 50.2 Å². The zero-order valence-corrected chi connectivity index (χ0v) is 69.8. The number of carboxylic acid groups (broad SMARTS) is 1. The Labute approximate surface area is 712 Å². The van der Waals surface area contributed by atoms with Crippen molar-refractivity contribution in [3.63, 3.8) is 0 Å². The number of aldehydes is 1. The summed E-state index contributed by atoms with van der Waals surface area (Å²) in [6, 6.07) is 0. The van der Waals surface area contributed by atoms with E-state index in [9.17, 15) is 127 Å². The Kier molecular flexibility index (Phi) is 29.2. The van der Waals surface area contributed by atoms with E-state index in [0.717, 1.165) is 11.9 Å². The Bertz CT molecular complexity index is 3670. The summed E-state index contributed by atoms with van der Waals surface area (Å²) < 4.78 is 110. The summed E-state index contributed by atoms with van der Waals surface area (Å²) in [6.45, 7) is 10.5. The zero-order valence-electron chi connectivity index (χ0n) is 69.8. The van der Waals surface area contributed by atoms with E-state index in [4.69, 9.17) is 85.3 Å². The molecular weight excluding hydrogens is 1660 g/mol. The van der Waals surface area contributed by atoms with Crippen LogP contribution >= 0.6 is 0 Å². The van der Waals surface area contributed by atoms with Crippen LogP contribution in [0.3, 0.4) is 0 Å². The second kappa shape index (κ2) is 37.3. The van der Waals surface area contributed by atoms with E-state index in [1.165, 1.54) is 13.8 Å². The molecular formula is C80H126O44. The Morgan fingerprint density at radius 2 is 0.879 bits per heavy atom. The van der Waals surface area contributed by atoms with Crippen molar-refractivity contribution in [1.29, 1.82) is 0 Å². The molecule has 4 saturated carbocycles. The van der Waals surface area contributed by atoms with Gasteiger partial charge >= 0.3 is 11.9 Å². The average Bonchev–Trinajstić information content (AvgIpc) is 0.672. The van der Waals surface area contributed by atoms with E-state index in [2.05, 4.69) is 40.7 Å². The van der Waals surface area contributed by atoms with Gasteiger partial charge in [0.15, 0.2) is 62.5 Å². The van der Waals surface area contributed by atoms with Gasteiger partial charge in [0.2, 0.25) is 6.29 Å². The van der Waals surface area contributed by atoms with Gasteiger partial charge in [-0.25, -0.2) is 4.79 Å². The lowest BCUT2D eigenvalue weighted by Gasteiger charge is -2.71. The van der Waals surface area contributed by atoms with Crippen molar-refractivity contribution in [2.45, 2.75) is 378 Å². The highest BCUT2D eigenvalue weighted by molar-refractivity contribution is 5.79. The van der Waals surface area contributed by atoms with E-state index >= 15 is 4.79 Å². The molecule has 44 nitrogen and oxygen atoms in total. The molecule has 14 aliphatic rings. The minimum absolute atomic E-state index is 0.0162. The third kappa shape index (κ3) is 17.3. The van der Waals surface area contributed by atoms with Crippen LogP contribution in [0, 0.1) is 50.2 Å². The first-order valence-electron chi connectivity index (χ1n) is 42.8. The Morgan fingerprint density at radius 1 is 0.419 bits per heavy atom. The molecule has 23 N–H and O–H groups in total. The number of aliphatic hydroxyl groups excluding tert-OH is 22. The van der Waals surface area contributed by atoms with Crippen molar-refractivity contribution >= 4 is 18.2 Å². The number of hydrogen-bond acceptors (Lipinski definition) is 43. The molecule has 0 aromatic rings. The quantitative estimate of drug-likeness (QED) is 0.0207. The lowest BCUT2D eigenvalue weighted by molar-refractivity contribution is -0.416. The molecule has 0 spiro atoms. The molecule has 13 fully saturated rings. The van der Waals surface area contributed by atoms with Crippen LogP contribution in [-0.4, -0.2) is 433 Å². The van der Waals surface area contributed by atoms with E-state index < -0.39 is 349 Å². The van der Waals surface area contributed by atoms with Crippen LogP contribution in [0.4, 0.5) is 0 Å². The molecule has 0 aromatic heterocycles. The van der Waals surface area contributed by atoms with Crippen molar-refractivity contribution in [3.8, 4) is 0 Å². The topological polar surface area (TPSA) is 683 Å². The fraction of sp³-hybridized carbons (Fsp3) is 0.938. The highest BCUT2D eigenvalue weighted by Crippen LogP contribution is 2.76. The number of ether oxygens (including phenoxy) is 18. The van der Waals surface area contributed by atoms with Gasteiger partial charge < -0.3 is 208 Å². The fourth-order valence-corrected chi connectivity index (χ4v) is 22.4. The number of carbonyl (C=O) groups excluding carboxylic acids is 2. The smallest absolute Gasteiger partial charge is 0.335 e. The molecule has 9 saturated heterocycles. The Hall–Kier alpha value is -3.21. The number of aliphatic hydroxyl groups is 22. The molecule has 44 heteroatoms. The maximum atomic E-state index is 15.8. The fourth-order valence-electron chi connectivity index (χ4n) is 22.4. The van der Waals surface area contributed by atoms with Gasteiger partial charge in [-0.3, -0.25) is 4.79 Å². The number of rotatable bonds is 22. The third-order valence-electron chi connectivity index (χ3n) is 30.3. The normalized spacial score (nSPS) is 54.8. The number of carbonyl (C=O) groups is 3. The molecule has 0 radical (unpaired) electrons. The van der Waals surface area contributed by atoms with Gasteiger partial charge in [0.1, 0.15) is 177 Å². The molecule has 0 amide bonds. The number of aliphatic carboxylic acids is 1. The monoisotopic (exact) mass is 1790 g/mol. The summed E-state index contributed by atoms with van der Waals surface area (Å²) in [5.74, 6) is -3.89. The summed E-state index contributed by atoms with van der Waals surface area (Å²) >= 11 is 0. The molecule has 5 aliphatic carbocycles. The maximum Gasteiger partial charge on any atom is 0.335 e. The van der Waals surface area contributed by atoms with Gasteiger partial charge in [0, 0.05) is 0 Å². The predicted octanol–water partition coefficient (Wildman–Crippen LogP) is -9.03. The van der Waals surface area contributed by atoms with Gasteiger partial charge in [0.05, 0.1) is 68.8 Å². The molecule has 14 rings (SSSR count). The van der Waals surface area contributed by atoms with Crippen LogP contribution in [0.15, 0.2) is 11.6 Å². The minimum Gasteiger partial charge on any atom is -0.479 e. The Morgan fingerprint density at radius 3 is 1.48 bits per heavy atom. The lowest BCUT2D eigenvalue weighted by atomic mass is 9.33. The first-order chi connectivity index (χ1) is 58.3. The molecule has 0 unspecified atom stereocenters. The lowest BCUT2D eigenvalue weighted by Crippen LogP contribution is -2.70. The first-order valence-corrected chi connectivity index (χ1v) is 42.8. The van der Waals surface area contributed by atoms with Crippen molar-refractivity contribution in [3.05, 3.63) is 11.6 Å². The molecule has 0 bridgehead atoms. The van der Waals surface area contributed by atoms with E-state index in [1.54, 1.807) is 6.92 Å². The summed E-state index contributed by atoms with van der Waals surface area (Å²) in [4.78, 5) is 44.8.